The summed E-state index contributed by atoms with van der Waals surface area (Å²) < 4.78 is 1.81. The Morgan fingerprint density at radius 3 is 3.14 bits per heavy atom. The predicted molar refractivity (Wildman–Crippen MR) is 83.8 cm³/mol. The van der Waals surface area contributed by atoms with Crippen molar-refractivity contribution in [2.75, 3.05) is 5.32 Å². The zero-order chi connectivity index (χ0) is 14.8. The van der Waals surface area contributed by atoms with Gasteiger partial charge in [0.05, 0.1) is 5.69 Å². The van der Waals surface area contributed by atoms with Gasteiger partial charge in [-0.3, -0.25) is 9.20 Å². The highest BCUT2D eigenvalue weighted by atomic mass is 35.5. The van der Waals surface area contributed by atoms with Crippen molar-refractivity contribution in [3.8, 4) is 5.75 Å². The van der Waals surface area contributed by atoms with Gasteiger partial charge < -0.3 is 10.4 Å². The number of hydrogen-bond donors (Lipinski definition) is 2. The number of carbonyl (C=O) groups excluding carboxylic acids is 1. The van der Waals surface area contributed by atoms with Gasteiger partial charge in [0.2, 0.25) is 5.91 Å². The molecule has 0 saturated heterocycles. The fraction of sp³-hybridized carbons (Fsp3) is 0. The smallest absolute Gasteiger partial charge is 0.248 e. The third-order valence-electron chi connectivity index (χ3n) is 2.76. The normalized spacial score (nSPS) is 11.3. The molecule has 0 radical (unpaired) electrons. The van der Waals surface area contributed by atoms with Gasteiger partial charge >= 0.3 is 0 Å². The Morgan fingerprint density at radius 2 is 2.33 bits per heavy atom. The number of halogens is 1. The van der Waals surface area contributed by atoms with Crippen molar-refractivity contribution in [1.29, 1.82) is 0 Å². The lowest BCUT2D eigenvalue weighted by Gasteiger charge is -2.02. The molecule has 0 saturated carbocycles. The minimum absolute atomic E-state index is 0.0931. The predicted octanol–water partition coefficient (Wildman–Crippen LogP) is 3.41. The van der Waals surface area contributed by atoms with Gasteiger partial charge in [-0.25, -0.2) is 4.98 Å². The van der Waals surface area contributed by atoms with Crippen LogP contribution in [0.3, 0.4) is 0 Å². The first kappa shape index (κ1) is 13.7. The number of rotatable bonds is 3. The van der Waals surface area contributed by atoms with E-state index in [1.165, 1.54) is 29.5 Å². The molecule has 106 valence electrons. The molecular weight excluding hydrogens is 310 g/mol. The Hall–Kier alpha value is -2.31. The molecule has 0 aliphatic heterocycles. The summed E-state index contributed by atoms with van der Waals surface area (Å²) in [5.74, 6) is -0.225. The molecule has 0 aliphatic rings. The molecule has 21 heavy (non-hydrogen) atoms. The molecule has 1 amide bonds. The van der Waals surface area contributed by atoms with Crippen molar-refractivity contribution < 1.29 is 9.90 Å². The monoisotopic (exact) mass is 319 g/mol. The van der Waals surface area contributed by atoms with Crippen LogP contribution in [-0.2, 0) is 4.79 Å². The number of phenols is 1. The average molecular weight is 320 g/mol. The van der Waals surface area contributed by atoms with E-state index in [-0.39, 0.29) is 11.7 Å². The number of carbonyl (C=O) groups is 1. The van der Waals surface area contributed by atoms with E-state index in [9.17, 15) is 9.90 Å². The molecule has 3 aromatic rings. The van der Waals surface area contributed by atoms with Crippen molar-refractivity contribution in [2.24, 2.45) is 0 Å². The van der Waals surface area contributed by atoms with Crippen molar-refractivity contribution in [1.82, 2.24) is 9.38 Å². The van der Waals surface area contributed by atoms with E-state index in [1.807, 2.05) is 16.0 Å². The maximum Gasteiger partial charge on any atom is 0.248 e. The van der Waals surface area contributed by atoms with Gasteiger partial charge in [0.1, 0.15) is 5.75 Å². The molecule has 2 heterocycles. The fourth-order valence-electron chi connectivity index (χ4n) is 1.85. The number of anilines is 1. The van der Waals surface area contributed by atoms with Gasteiger partial charge in [0.25, 0.3) is 0 Å². The zero-order valence-corrected chi connectivity index (χ0v) is 12.2. The molecule has 0 fully saturated rings. The largest absolute Gasteiger partial charge is 0.508 e. The number of aromatic hydroxyl groups is 1. The van der Waals surface area contributed by atoms with Crippen LogP contribution in [0.4, 0.5) is 5.69 Å². The summed E-state index contributed by atoms with van der Waals surface area (Å²) >= 11 is 7.50. The van der Waals surface area contributed by atoms with Crippen LogP contribution in [0.15, 0.2) is 41.9 Å². The third kappa shape index (κ3) is 2.91. The van der Waals surface area contributed by atoms with Crippen LogP contribution >= 0.6 is 22.9 Å². The molecular formula is C14H10ClN3O2S. The van der Waals surface area contributed by atoms with Crippen LogP contribution in [0.1, 0.15) is 5.69 Å². The Kier molecular flexibility index (Phi) is 3.64. The number of nitrogens with one attached hydrogen (secondary N) is 1. The molecule has 3 rings (SSSR count). The Bertz CT molecular complexity index is 838. The van der Waals surface area contributed by atoms with Crippen LogP contribution in [0.5, 0.6) is 5.75 Å². The highest BCUT2D eigenvalue weighted by Gasteiger charge is 2.08. The van der Waals surface area contributed by atoms with Crippen LogP contribution in [0, 0.1) is 0 Å². The average Bonchev–Trinajstić information content (AvgIpc) is 2.97. The van der Waals surface area contributed by atoms with E-state index in [2.05, 4.69) is 10.3 Å². The Morgan fingerprint density at radius 1 is 1.48 bits per heavy atom. The number of amides is 1. The molecule has 0 atom stereocenters. The highest BCUT2D eigenvalue weighted by molar-refractivity contribution is 7.15. The lowest BCUT2D eigenvalue weighted by molar-refractivity contribution is -0.111. The summed E-state index contributed by atoms with van der Waals surface area (Å²) in [7, 11) is 0. The number of imidazole rings is 1. The lowest BCUT2D eigenvalue weighted by Crippen LogP contribution is -2.07. The second-order valence-electron chi connectivity index (χ2n) is 4.22. The van der Waals surface area contributed by atoms with Crippen LogP contribution in [0.2, 0.25) is 5.15 Å². The maximum atomic E-state index is 11.9. The second kappa shape index (κ2) is 5.59. The quantitative estimate of drug-likeness (QED) is 0.727. The van der Waals surface area contributed by atoms with Crippen molar-refractivity contribution >= 4 is 45.6 Å². The number of benzene rings is 1. The van der Waals surface area contributed by atoms with Gasteiger partial charge in [0.15, 0.2) is 10.1 Å². The molecule has 1 aromatic carbocycles. The van der Waals surface area contributed by atoms with E-state index >= 15 is 0 Å². The lowest BCUT2D eigenvalue weighted by atomic mass is 10.3. The van der Waals surface area contributed by atoms with Gasteiger partial charge in [-0.1, -0.05) is 17.7 Å². The first-order chi connectivity index (χ1) is 10.1. The Labute approximate surface area is 129 Å². The summed E-state index contributed by atoms with van der Waals surface area (Å²) in [6.45, 7) is 0. The number of nitrogens with zero attached hydrogens (tertiary/aromatic N) is 2. The number of fused-ring (bicyclic) bond motifs is 1. The van der Waals surface area contributed by atoms with Crippen molar-refractivity contribution in [3.05, 3.63) is 52.8 Å². The topological polar surface area (TPSA) is 66.6 Å². The fourth-order valence-corrected chi connectivity index (χ4v) is 2.85. The molecule has 7 heteroatoms. The van der Waals surface area contributed by atoms with Crippen LogP contribution in [-0.4, -0.2) is 20.4 Å². The van der Waals surface area contributed by atoms with Gasteiger partial charge in [-0.05, 0) is 18.2 Å². The summed E-state index contributed by atoms with van der Waals surface area (Å²) in [6.07, 6.45) is 4.82. The van der Waals surface area contributed by atoms with E-state index in [1.54, 1.807) is 18.2 Å². The third-order valence-corrected chi connectivity index (χ3v) is 3.80. The number of hydrogen-bond acceptors (Lipinski definition) is 4. The second-order valence-corrected chi connectivity index (χ2v) is 5.45. The van der Waals surface area contributed by atoms with E-state index < -0.39 is 0 Å². The summed E-state index contributed by atoms with van der Waals surface area (Å²) in [6, 6.07) is 6.34. The SMILES string of the molecule is O=C(/C=C/c1c(Cl)nc2sccn12)Nc1cccc(O)c1. The van der Waals surface area contributed by atoms with Gasteiger partial charge in [-0.2, -0.15) is 0 Å². The molecule has 2 N–H and O–H groups in total. The zero-order valence-electron chi connectivity index (χ0n) is 10.7. The number of thiazole rings is 1. The maximum absolute atomic E-state index is 11.9. The van der Waals surface area contributed by atoms with Gasteiger partial charge in [-0.15, -0.1) is 11.3 Å². The van der Waals surface area contributed by atoms with E-state index in [0.29, 0.717) is 16.5 Å². The van der Waals surface area contributed by atoms with Crippen molar-refractivity contribution in [3.63, 3.8) is 0 Å². The van der Waals surface area contributed by atoms with E-state index in [0.717, 1.165) is 4.96 Å². The highest BCUT2D eigenvalue weighted by Crippen LogP contribution is 2.22. The van der Waals surface area contributed by atoms with Crippen molar-refractivity contribution in [2.45, 2.75) is 0 Å². The molecule has 5 nitrogen and oxygen atoms in total. The van der Waals surface area contributed by atoms with Gasteiger partial charge in [0, 0.05) is 29.4 Å². The summed E-state index contributed by atoms with van der Waals surface area (Å²) in [5, 5.41) is 14.2. The molecule has 0 spiro atoms. The first-order valence-corrected chi connectivity index (χ1v) is 7.28. The standard InChI is InChI=1S/C14H10ClN3O2S/c15-13-11(18-6-7-21-14(18)17-13)4-5-12(20)16-9-2-1-3-10(19)8-9/h1-8,19H,(H,16,20)/b5-4+. The summed E-state index contributed by atoms with van der Waals surface area (Å²) in [5.41, 5.74) is 1.17. The molecule has 0 aliphatic carbocycles. The number of aromatic nitrogens is 2. The van der Waals surface area contributed by atoms with Crippen LogP contribution < -0.4 is 5.32 Å². The summed E-state index contributed by atoms with van der Waals surface area (Å²) in [4.78, 5) is 16.8. The molecule has 2 aromatic heterocycles. The molecule has 0 unspecified atom stereocenters. The first-order valence-electron chi connectivity index (χ1n) is 6.02. The Balaban J connectivity index is 1.78. The minimum Gasteiger partial charge on any atom is -0.508 e. The van der Waals surface area contributed by atoms with Crippen LogP contribution in [0.25, 0.3) is 11.0 Å². The molecule has 0 bridgehead atoms. The minimum atomic E-state index is -0.318. The van der Waals surface area contributed by atoms with E-state index in [4.69, 9.17) is 11.6 Å². The number of phenolic OH excluding ortho intramolecular Hbond substituents is 1.